The minimum Gasteiger partial charge on any atom is -0.493 e. The quantitative estimate of drug-likeness (QED) is 0.515. The number of hydrazone groups is 1. The molecule has 0 aliphatic carbocycles. The monoisotopic (exact) mass is 410 g/mol. The molecule has 0 saturated carbocycles. The van der Waals surface area contributed by atoms with Crippen LogP contribution in [0.2, 0.25) is 0 Å². The number of nitrogens with zero attached hydrogens (tertiary/aromatic N) is 2. The van der Waals surface area contributed by atoms with Gasteiger partial charge >= 0.3 is 5.97 Å². The van der Waals surface area contributed by atoms with Gasteiger partial charge in [0.25, 0.3) is 5.91 Å². The molecule has 2 aromatic rings. The van der Waals surface area contributed by atoms with Crippen LogP contribution in [0.5, 0.6) is 17.2 Å². The molecule has 1 heterocycles. The highest BCUT2D eigenvalue weighted by molar-refractivity contribution is 6.54. The molecule has 0 spiro atoms. The van der Waals surface area contributed by atoms with Crippen molar-refractivity contribution >= 4 is 29.4 Å². The smallest absolute Gasteiger partial charge is 0.359 e. The molecule has 1 aliphatic rings. The largest absolute Gasteiger partial charge is 0.493 e. The number of anilines is 1. The molecular formula is C22H22N2O6. The zero-order valence-corrected chi connectivity index (χ0v) is 17.2. The van der Waals surface area contributed by atoms with Gasteiger partial charge in [0.05, 0.1) is 39.2 Å². The summed E-state index contributed by atoms with van der Waals surface area (Å²) in [5.74, 6) is 0.137. The minimum absolute atomic E-state index is 0.0699. The van der Waals surface area contributed by atoms with E-state index in [0.29, 0.717) is 28.5 Å². The molecular weight excluding hydrogens is 388 g/mol. The lowest BCUT2D eigenvalue weighted by Crippen LogP contribution is -2.22. The fraction of sp³-hybridized carbons (Fsp3) is 0.227. The van der Waals surface area contributed by atoms with E-state index >= 15 is 0 Å². The molecule has 30 heavy (non-hydrogen) atoms. The SMILES string of the molecule is CCOC(=O)C1=NN(c2ccccc2)C(=O)/C1=C\c1cc(OC)c(OC)c(OC)c1. The van der Waals surface area contributed by atoms with Gasteiger partial charge in [0, 0.05) is 0 Å². The maximum absolute atomic E-state index is 13.1. The normalized spacial score (nSPS) is 14.5. The van der Waals surface area contributed by atoms with Gasteiger partial charge in [0.1, 0.15) is 0 Å². The number of ether oxygens (including phenoxy) is 4. The number of para-hydroxylation sites is 1. The molecule has 8 heteroatoms. The number of benzene rings is 2. The Bertz CT molecular complexity index is 989. The van der Waals surface area contributed by atoms with Gasteiger partial charge in [-0.3, -0.25) is 4.79 Å². The van der Waals surface area contributed by atoms with E-state index in [4.69, 9.17) is 18.9 Å². The molecule has 1 amide bonds. The molecule has 0 saturated heterocycles. The van der Waals surface area contributed by atoms with Crippen LogP contribution in [0.25, 0.3) is 6.08 Å². The number of hydrogen-bond acceptors (Lipinski definition) is 7. The Labute approximate surface area is 174 Å². The molecule has 8 nitrogen and oxygen atoms in total. The average molecular weight is 410 g/mol. The first kappa shape index (κ1) is 20.9. The van der Waals surface area contributed by atoms with E-state index in [1.807, 2.05) is 6.07 Å². The summed E-state index contributed by atoms with van der Waals surface area (Å²) in [4.78, 5) is 25.6. The van der Waals surface area contributed by atoms with Crippen LogP contribution in [0.15, 0.2) is 53.1 Å². The van der Waals surface area contributed by atoms with Gasteiger partial charge in [-0.2, -0.15) is 10.1 Å². The van der Waals surface area contributed by atoms with Crippen LogP contribution < -0.4 is 19.2 Å². The summed E-state index contributed by atoms with van der Waals surface area (Å²) in [6.45, 7) is 1.85. The average Bonchev–Trinajstić information content (AvgIpc) is 3.10. The van der Waals surface area contributed by atoms with Crippen LogP contribution >= 0.6 is 0 Å². The Balaban J connectivity index is 2.10. The van der Waals surface area contributed by atoms with Crippen LogP contribution in [0.1, 0.15) is 12.5 Å². The maximum Gasteiger partial charge on any atom is 0.359 e. The van der Waals surface area contributed by atoms with Crippen molar-refractivity contribution in [2.75, 3.05) is 32.9 Å². The molecule has 0 radical (unpaired) electrons. The summed E-state index contributed by atoms with van der Waals surface area (Å²) in [7, 11) is 4.50. The highest BCUT2D eigenvalue weighted by atomic mass is 16.5. The number of methoxy groups -OCH3 is 3. The molecule has 0 bridgehead atoms. The van der Waals surface area contributed by atoms with Crippen LogP contribution in [0.4, 0.5) is 5.69 Å². The van der Waals surface area contributed by atoms with Crippen molar-refractivity contribution in [3.63, 3.8) is 0 Å². The predicted molar refractivity (Wildman–Crippen MR) is 112 cm³/mol. The van der Waals surface area contributed by atoms with Crippen molar-refractivity contribution in [2.24, 2.45) is 5.10 Å². The van der Waals surface area contributed by atoms with E-state index in [9.17, 15) is 9.59 Å². The van der Waals surface area contributed by atoms with Gasteiger partial charge in [0.15, 0.2) is 17.2 Å². The van der Waals surface area contributed by atoms with Crippen LogP contribution in [-0.4, -0.2) is 45.5 Å². The van der Waals surface area contributed by atoms with Crippen molar-refractivity contribution in [1.29, 1.82) is 0 Å². The third kappa shape index (κ3) is 3.98. The van der Waals surface area contributed by atoms with E-state index in [1.165, 1.54) is 26.3 Å². The van der Waals surface area contributed by atoms with E-state index in [-0.39, 0.29) is 17.9 Å². The van der Waals surface area contributed by atoms with Gasteiger partial charge in [-0.1, -0.05) is 18.2 Å². The van der Waals surface area contributed by atoms with E-state index in [2.05, 4.69) is 5.10 Å². The molecule has 0 unspecified atom stereocenters. The molecule has 0 fully saturated rings. The summed E-state index contributed by atoms with van der Waals surface area (Å²) < 4.78 is 21.1. The Kier molecular flexibility index (Phi) is 6.36. The second-order valence-electron chi connectivity index (χ2n) is 6.14. The van der Waals surface area contributed by atoms with Crippen LogP contribution in [0.3, 0.4) is 0 Å². The molecule has 156 valence electrons. The van der Waals surface area contributed by atoms with Crippen molar-refractivity contribution in [3.05, 3.63) is 53.6 Å². The summed E-state index contributed by atoms with van der Waals surface area (Å²) >= 11 is 0. The Morgan fingerprint density at radius 1 is 1.03 bits per heavy atom. The summed E-state index contributed by atoms with van der Waals surface area (Å²) in [6.07, 6.45) is 1.55. The molecule has 2 aromatic carbocycles. The van der Waals surface area contributed by atoms with Crippen molar-refractivity contribution in [2.45, 2.75) is 6.92 Å². The summed E-state index contributed by atoms with van der Waals surface area (Å²) in [6, 6.07) is 12.2. The zero-order valence-electron chi connectivity index (χ0n) is 17.2. The lowest BCUT2D eigenvalue weighted by Gasteiger charge is -2.13. The van der Waals surface area contributed by atoms with E-state index < -0.39 is 11.9 Å². The lowest BCUT2D eigenvalue weighted by atomic mass is 10.1. The fourth-order valence-corrected chi connectivity index (χ4v) is 2.99. The van der Waals surface area contributed by atoms with Gasteiger partial charge < -0.3 is 18.9 Å². The molecule has 0 N–H and O–H groups in total. The highest BCUT2D eigenvalue weighted by Crippen LogP contribution is 2.39. The summed E-state index contributed by atoms with van der Waals surface area (Å²) in [5, 5.41) is 5.40. The summed E-state index contributed by atoms with van der Waals surface area (Å²) in [5.41, 5.74) is 1.14. The number of carbonyl (C=O) groups excluding carboxylic acids is 2. The molecule has 0 aromatic heterocycles. The number of carbonyl (C=O) groups is 2. The molecule has 1 aliphatic heterocycles. The van der Waals surface area contributed by atoms with Crippen LogP contribution in [0, 0.1) is 0 Å². The number of rotatable bonds is 7. The van der Waals surface area contributed by atoms with Gasteiger partial charge in [-0.25, -0.2) is 4.79 Å². The van der Waals surface area contributed by atoms with Crippen molar-refractivity contribution in [3.8, 4) is 17.2 Å². The van der Waals surface area contributed by atoms with Gasteiger partial charge in [0.2, 0.25) is 5.75 Å². The van der Waals surface area contributed by atoms with Crippen molar-refractivity contribution < 1.29 is 28.5 Å². The third-order valence-corrected chi connectivity index (χ3v) is 4.35. The van der Waals surface area contributed by atoms with Crippen LogP contribution in [-0.2, 0) is 14.3 Å². The van der Waals surface area contributed by atoms with Gasteiger partial charge in [-0.15, -0.1) is 0 Å². The zero-order chi connectivity index (χ0) is 21.7. The first-order chi connectivity index (χ1) is 14.5. The first-order valence-electron chi connectivity index (χ1n) is 9.21. The van der Waals surface area contributed by atoms with Gasteiger partial charge in [-0.05, 0) is 42.8 Å². The Hall–Kier alpha value is -3.81. The topological polar surface area (TPSA) is 86.7 Å². The number of amides is 1. The second-order valence-corrected chi connectivity index (χ2v) is 6.14. The minimum atomic E-state index is -0.678. The van der Waals surface area contributed by atoms with E-state index in [1.54, 1.807) is 49.4 Å². The lowest BCUT2D eigenvalue weighted by molar-refractivity contribution is -0.135. The number of esters is 1. The fourth-order valence-electron chi connectivity index (χ4n) is 2.99. The Morgan fingerprint density at radius 2 is 1.67 bits per heavy atom. The molecule has 0 atom stereocenters. The Morgan fingerprint density at radius 3 is 2.20 bits per heavy atom. The second kappa shape index (κ2) is 9.13. The predicted octanol–water partition coefficient (Wildman–Crippen LogP) is 3.06. The standard InChI is InChI=1S/C22H22N2O6/c1-5-30-22(26)19-16(21(25)24(23-19)15-9-7-6-8-10-15)11-14-12-17(27-2)20(29-4)18(13-14)28-3/h6-13H,5H2,1-4H3/b16-11-. The van der Waals surface area contributed by atoms with E-state index in [0.717, 1.165) is 0 Å². The third-order valence-electron chi connectivity index (χ3n) is 4.35. The maximum atomic E-state index is 13.1. The first-order valence-corrected chi connectivity index (χ1v) is 9.21. The molecule has 3 rings (SSSR count). The highest BCUT2D eigenvalue weighted by Gasteiger charge is 2.36. The number of hydrogen-bond donors (Lipinski definition) is 0. The van der Waals surface area contributed by atoms with Crippen molar-refractivity contribution in [1.82, 2.24) is 0 Å².